The van der Waals surface area contributed by atoms with Crippen molar-refractivity contribution in [3.8, 4) is 5.69 Å². The zero-order chi connectivity index (χ0) is 19.6. The van der Waals surface area contributed by atoms with Gasteiger partial charge in [0, 0.05) is 23.8 Å². The number of hydrogen-bond donors (Lipinski definition) is 1. The van der Waals surface area contributed by atoms with E-state index in [2.05, 4.69) is 10.3 Å². The van der Waals surface area contributed by atoms with Crippen LogP contribution in [0.1, 0.15) is 31.1 Å². The SMILES string of the molecule is CN(CC(=O)NC(C)(C)C)C(=O)c1ccc(-n2cnc3ccccc32)cc1. The van der Waals surface area contributed by atoms with Gasteiger partial charge in [-0.05, 0) is 57.2 Å². The summed E-state index contributed by atoms with van der Waals surface area (Å²) in [6.45, 7) is 5.74. The monoisotopic (exact) mass is 364 g/mol. The molecular formula is C21H24N4O2. The Labute approximate surface area is 158 Å². The predicted molar refractivity (Wildman–Crippen MR) is 106 cm³/mol. The molecule has 1 aromatic heterocycles. The van der Waals surface area contributed by atoms with Gasteiger partial charge in [-0.25, -0.2) is 4.98 Å². The van der Waals surface area contributed by atoms with E-state index in [0.717, 1.165) is 16.7 Å². The van der Waals surface area contributed by atoms with Crippen LogP contribution in [0.5, 0.6) is 0 Å². The van der Waals surface area contributed by atoms with E-state index in [9.17, 15) is 9.59 Å². The smallest absolute Gasteiger partial charge is 0.254 e. The molecular weight excluding hydrogens is 340 g/mol. The van der Waals surface area contributed by atoms with Gasteiger partial charge in [0.2, 0.25) is 5.91 Å². The third-order valence-corrected chi connectivity index (χ3v) is 4.09. The molecule has 6 nitrogen and oxygen atoms in total. The Kier molecular flexibility index (Phi) is 4.99. The molecule has 0 aliphatic rings. The van der Waals surface area contributed by atoms with Crippen molar-refractivity contribution in [1.29, 1.82) is 0 Å². The molecule has 3 rings (SSSR count). The lowest BCUT2D eigenvalue weighted by Crippen LogP contribution is -2.46. The second-order valence-corrected chi connectivity index (χ2v) is 7.61. The normalized spacial score (nSPS) is 11.4. The van der Waals surface area contributed by atoms with Crippen molar-refractivity contribution in [1.82, 2.24) is 19.8 Å². The number of likely N-dealkylation sites (N-methyl/N-ethyl adjacent to an activating group) is 1. The van der Waals surface area contributed by atoms with E-state index in [-0.39, 0.29) is 23.9 Å². The third kappa shape index (κ3) is 4.34. The maximum atomic E-state index is 12.6. The van der Waals surface area contributed by atoms with Gasteiger partial charge in [0.1, 0.15) is 6.33 Å². The molecule has 3 aromatic rings. The Morgan fingerprint density at radius 3 is 2.41 bits per heavy atom. The Morgan fingerprint density at radius 1 is 1.07 bits per heavy atom. The highest BCUT2D eigenvalue weighted by Crippen LogP contribution is 2.18. The van der Waals surface area contributed by atoms with Crippen LogP contribution in [0.3, 0.4) is 0 Å². The van der Waals surface area contributed by atoms with Gasteiger partial charge in [-0.2, -0.15) is 0 Å². The Hall–Kier alpha value is -3.15. The number of carbonyl (C=O) groups is 2. The summed E-state index contributed by atoms with van der Waals surface area (Å²) in [7, 11) is 1.63. The van der Waals surface area contributed by atoms with Crippen LogP contribution in [0.15, 0.2) is 54.9 Å². The summed E-state index contributed by atoms with van der Waals surface area (Å²) in [6, 6.07) is 15.2. The molecule has 0 spiro atoms. The summed E-state index contributed by atoms with van der Waals surface area (Å²) in [5, 5.41) is 2.86. The maximum Gasteiger partial charge on any atom is 0.254 e. The van der Waals surface area contributed by atoms with Crippen molar-refractivity contribution >= 4 is 22.8 Å². The number of carbonyl (C=O) groups excluding carboxylic acids is 2. The zero-order valence-corrected chi connectivity index (χ0v) is 16.1. The summed E-state index contributed by atoms with van der Waals surface area (Å²) in [5.41, 5.74) is 3.06. The largest absolute Gasteiger partial charge is 0.350 e. The van der Waals surface area contributed by atoms with Crippen LogP contribution >= 0.6 is 0 Å². The molecule has 1 heterocycles. The number of aromatic nitrogens is 2. The highest BCUT2D eigenvalue weighted by Gasteiger charge is 2.18. The molecule has 27 heavy (non-hydrogen) atoms. The topological polar surface area (TPSA) is 67.2 Å². The standard InChI is InChI=1S/C21H24N4O2/c1-21(2,3)23-19(26)13-24(4)20(27)15-9-11-16(12-10-15)25-14-22-17-7-5-6-8-18(17)25/h5-12,14H,13H2,1-4H3,(H,23,26). The minimum atomic E-state index is -0.323. The van der Waals surface area contributed by atoms with Crippen molar-refractivity contribution in [2.75, 3.05) is 13.6 Å². The van der Waals surface area contributed by atoms with Crippen LogP contribution in [-0.4, -0.2) is 45.4 Å². The lowest BCUT2D eigenvalue weighted by atomic mass is 10.1. The molecule has 6 heteroatoms. The lowest BCUT2D eigenvalue weighted by Gasteiger charge is -2.23. The van der Waals surface area contributed by atoms with Gasteiger partial charge in [0.05, 0.1) is 17.6 Å². The maximum absolute atomic E-state index is 12.6. The average Bonchev–Trinajstić information content (AvgIpc) is 3.03. The van der Waals surface area contributed by atoms with Crippen molar-refractivity contribution in [2.24, 2.45) is 0 Å². The summed E-state index contributed by atoms with van der Waals surface area (Å²) in [4.78, 5) is 30.4. The summed E-state index contributed by atoms with van der Waals surface area (Å²) < 4.78 is 1.98. The van der Waals surface area contributed by atoms with Crippen LogP contribution < -0.4 is 5.32 Å². The number of hydrogen-bond acceptors (Lipinski definition) is 3. The summed E-state index contributed by atoms with van der Waals surface area (Å²) in [5.74, 6) is -0.374. The molecule has 0 aliphatic heterocycles. The van der Waals surface area contributed by atoms with Crippen LogP contribution in [0.25, 0.3) is 16.7 Å². The number of para-hydroxylation sites is 2. The van der Waals surface area contributed by atoms with E-state index in [1.165, 1.54) is 4.90 Å². The van der Waals surface area contributed by atoms with Gasteiger partial charge >= 0.3 is 0 Å². The number of imidazole rings is 1. The predicted octanol–water partition coefficient (Wildman–Crippen LogP) is 3.01. The van der Waals surface area contributed by atoms with E-state index in [1.54, 1.807) is 25.5 Å². The van der Waals surface area contributed by atoms with E-state index in [1.807, 2.05) is 61.7 Å². The van der Waals surface area contributed by atoms with Gasteiger partial charge in [-0.1, -0.05) is 12.1 Å². The van der Waals surface area contributed by atoms with Crippen molar-refractivity contribution < 1.29 is 9.59 Å². The number of nitrogens with one attached hydrogen (secondary N) is 1. The summed E-state index contributed by atoms with van der Waals surface area (Å²) >= 11 is 0. The molecule has 0 saturated heterocycles. The first-order valence-electron chi connectivity index (χ1n) is 8.83. The third-order valence-electron chi connectivity index (χ3n) is 4.09. The number of rotatable bonds is 4. The first kappa shape index (κ1) is 18.6. The van der Waals surface area contributed by atoms with Crippen molar-refractivity contribution in [3.63, 3.8) is 0 Å². The minimum absolute atomic E-state index is 0.0179. The minimum Gasteiger partial charge on any atom is -0.350 e. The first-order chi connectivity index (χ1) is 12.7. The second-order valence-electron chi connectivity index (χ2n) is 7.61. The second kappa shape index (κ2) is 7.23. The first-order valence-corrected chi connectivity index (χ1v) is 8.83. The van der Waals surface area contributed by atoms with Crippen LogP contribution in [0, 0.1) is 0 Å². The molecule has 0 aliphatic carbocycles. The Balaban J connectivity index is 1.73. The lowest BCUT2D eigenvalue weighted by molar-refractivity contribution is -0.122. The van der Waals surface area contributed by atoms with Crippen LogP contribution in [-0.2, 0) is 4.79 Å². The molecule has 0 fully saturated rings. The molecule has 2 aromatic carbocycles. The average molecular weight is 364 g/mol. The molecule has 140 valence electrons. The summed E-state index contributed by atoms with van der Waals surface area (Å²) in [6.07, 6.45) is 1.77. The zero-order valence-electron chi connectivity index (χ0n) is 16.1. The van der Waals surface area contributed by atoms with Gasteiger partial charge in [-0.15, -0.1) is 0 Å². The fraction of sp³-hybridized carbons (Fsp3) is 0.286. The number of amides is 2. The van der Waals surface area contributed by atoms with Crippen molar-refractivity contribution in [2.45, 2.75) is 26.3 Å². The van der Waals surface area contributed by atoms with E-state index >= 15 is 0 Å². The van der Waals surface area contributed by atoms with Crippen molar-refractivity contribution in [3.05, 3.63) is 60.4 Å². The molecule has 0 saturated carbocycles. The van der Waals surface area contributed by atoms with E-state index < -0.39 is 0 Å². The molecule has 1 N–H and O–H groups in total. The fourth-order valence-electron chi connectivity index (χ4n) is 2.89. The van der Waals surface area contributed by atoms with E-state index in [4.69, 9.17) is 0 Å². The molecule has 2 amide bonds. The molecule has 0 radical (unpaired) electrons. The van der Waals surface area contributed by atoms with Gasteiger partial charge in [0.15, 0.2) is 0 Å². The number of fused-ring (bicyclic) bond motifs is 1. The van der Waals surface area contributed by atoms with Crippen LogP contribution in [0.2, 0.25) is 0 Å². The van der Waals surface area contributed by atoms with Gasteiger partial charge < -0.3 is 10.2 Å². The molecule has 0 unspecified atom stereocenters. The molecule has 0 atom stereocenters. The fourth-order valence-corrected chi connectivity index (χ4v) is 2.89. The van der Waals surface area contributed by atoms with Crippen LogP contribution in [0.4, 0.5) is 0 Å². The highest BCUT2D eigenvalue weighted by molar-refractivity contribution is 5.96. The van der Waals surface area contributed by atoms with Gasteiger partial charge in [-0.3, -0.25) is 14.2 Å². The van der Waals surface area contributed by atoms with E-state index in [0.29, 0.717) is 5.56 Å². The van der Waals surface area contributed by atoms with Gasteiger partial charge in [0.25, 0.3) is 5.91 Å². The number of benzene rings is 2. The quantitative estimate of drug-likeness (QED) is 0.774. The Bertz CT molecular complexity index is 968. The number of nitrogens with zero attached hydrogens (tertiary/aromatic N) is 3. The molecule has 0 bridgehead atoms. The Morgan fingerprint density at radius 2 is 1.74 bits per heavy atom. The highest BCUT2D eigenvalue weighted by atomic mass is 16.2.